The van der Waals surface area contributed by atoms with Gasteiger partial charge in [0.2, 0.25) is 5.91 Å². The molecule has 3 nitrogen and oxygen atoms in total. The van der Waals surface area contributed by atoms with Crippen LogP contribution in [-0.2, 0) is 13.1 Å². The molecule has 1 amide bonds. The van der Waals surface area contributed by atoms with Crippen molar-refractivity contribution in [2.75, 3.05) is 0 Å². The molecule has 1 aromatic heterocycles. The Hall–Kier alpha value is -1.24. The first-order valence-electron chi connectivity index (χ1n) is 5.58. The number of primary amides is 1. The molecule has 0 aliphatic heterocycles. The van der Waals surface area contributed by atoms with Crippen LogP contribution in [0.1, 0.15) is 20.8 Å². The Kier molecular flexibility index (Phi) is 4.68. The zero-order valence-electron chi connectivity index (χ0n) is 9.95. The van der Waals surface area contributed by atoms with Gasteiger partial charge in [-0.1, -0.05) is 0 Å². The van der Waals surface area contributed by atoms with Crippen molar-refractivity contribution in [3.8, 4) is 0 Å². The van der Waals surface area contributed by atoms with Gasteiger partial charge in [-0.05, 0) is 45.6 Å². The monoisotopic (exact) mass is 342 g/mol. The van der Waals surface area contributed by atoms with E-state index in [1.807, 2.05) is 11.4 Å². The number of halogens is 2. The Bertz CT molecular complexity index is 600. The van der Waals surface area contributed by atoms with Crippen LogP contribution in [0.15, 0.2) is 34.1 Å². The van der Waals surface area contributed by atoms with Gasteiger partial charge in [0, 0.05) is 33.6 Å². The molecule has 0 aliphatic rings. The molecular weight excluding hydrogens is 331 g/mol. The van der Waals surface area contributed by atoms with Crippen LogP contribution in [0.5, 0.6) is 0 Å². The number of amides is 1. The topological polar surface area (TPSA) is 55.1 Å². The highest BCUT2D eigenvalue weighted by Crippen LogP contribution is 2.22. The standard InChI is InChI=1S/C13H12BrFN2OS/c14-10-3-4-19-12(10)7-17-6-9-5-8(13(16)18)1-2-11(9)15/h1-5,17H,6-7H2,(H2,16,18). The summed E-state index contributed by atoms with van der Waals surface area (Å²) in [6, 6.07) is 6.10. The minimum Gasteiger partial charge on any atom is -0.366 e. The zero-order chi connectivity index (χ0) is 13.8. The molecule has 1 heterocycles. The minimum atomic E-state index is -0.553. The van der Waals surface area contributed by atoms with Crippen molar-refractivity contribution in [3.63, 3.8) is 0 Å². The first-order chi connectivity index (χ1) is 9.08. The maximum Gasteiger partial charge on any atom is 0.248 e. The predicted octanol–water partition coefficient (Wildman–Crippen LogP) is 3.04. The van der Waals surface area contributed by atoms with Gasteiger partial charge in [0.05, 0.1) is 0 Å². The third-order valence-electron chi connectivity index (χ3n) is 2.62. The number of rotatable bonds is 5. The molecule has 6 heteroatoms. The van der Waals surface area contributed by atoms with Crippen molar-refractivity contribution in [1.29, 1.82) is 0 Å². The fourth-order valence-corrected chi connectivity index (χ4v) is 3.09. The van der Waals surface area contributed by atoms with E-state index in [1.165, 1.54) is 18.2 Å². The third kappa shape index (κ3) is 3.62. The molecule has 2 rings (SSSR count). The van der Waals surface area contributed by atoms with E-state index in [4.69, 9.17) is 5.73 Å². The Balaban J connectivity index is 2.01. The maximum absolute atomic E-state index is 13.6. The maximum atomic E-state index is 13.6. The largest absolute Gasteiger partial charge is 0.366 e. The van der Waals surface area contributed by atoms with Gasteiger partial charge < -0.3 is 11.1 Å². The van der Waals surface area contributed by atoms with Crippen LogP contribution in [0.3, 0.4) is 0 Å². The summed E-state index contributed by atoms with van der Waals surface area (Å²) in [6.45, 7) is 0.982. The molecule has 0 fully saturated rings. The smallest absolute Gasteiger partial charge is 0.248 e. The van der Waals surface area contributed by atoms with E-state index in [0.29, 0.717) is 24.2 Å². The van der Waals surface area contributed by atoms with Crippen LogP contribution in [0.2, 0.25) is 0 Å². The number of thiophene rings is 1. The highest BCUT2D eigenvalue weighted by Gasteiger charge is 2.07. The summed E-state index contributed by atoms with van der Waals surface area (Å²) < 4.78 is 14.6. The summed E-state index contributed by atoms with van der Waals surface area (Å²) in [5, 5.41) is 5.12. The lowest BCUT2D eigenvalue weighted by Gasteiger charge is -2.07. The van der Waals surface area contributed by atoms with Gasteiger partial charge in [-0.3, -0.25) is 4.79 Å². The second-order valence-electron chi connectivity index (χ2n) is 3.97. The predicted molar refractivity (Wildman–Crippen MR) is 77.5 cm³/mol. The number of benzene rings is 1. The Labute approximate surface area is 122 Å². The minimum absolute atomic E-state index is 0.315. The molecule has 0 unspecified atom stereocenters. The van der Waals surface area contributed by atoms with Gasteiger partial charge in [0.15, 0.2) is 0 Å². The first-order valence-corrected chi connectivity index (χ1v) is 7.26. The fraction of sp³-hybridized carbons (Fsp3) is 0.154. The summed E-state index contributed by atoms with van der Waals surface area (Å²) in [7, 11) is 0. The molecule has 0 aliphatic carbocycles. The van der Waals surface area contributed by atoms with Crippen molar-refractivity contribution >= 4 is 33.2 Å². The number of hydrogen-bond donors (Lipinski definition) is 2. The Morgan fingerprint density at radius 2 is 2.16 bits per heavy atom. The third-order valence-corrected chi connectivity index (χ3v) is 4.55. The average molecular weight is 343 g/mol. The summed E-state index contributed by atoms with van der Waals surface area (Å²) in [5.41, 5.74) is 5.92. The van der Waals surface area contributed by atoms with Crippen LogP contribution in [0.25, 0.3) is 0 Å². The quantitative estimate of drug-likeness (QED) is 0.877. The van der Waals surface area contributed by atoms with Gasteiger partial charge in [-0.25, -0.2) is 4.39 Å². The summed E-state index contributed by atoms with van der Waals surface area (Å²) in [6.07, 6.45) is 0. The van der Waals surface area contributed by atoms with Gasteiger partial charge in [-0.15, -0.1) is 11.3 Å². The molecule has 0 atom stereocenters. The Morgan fingerprint density at radius 3 is 2.79 bits per heavy atom. The van der Waals surface area contributed by atoms with E-state index >= 15 is 0 Å². The van der Waals surface area contributed by atoms with Crippen LogP contribution < -0.4 is 11.1 Å². The van der Waals surface area contributed by atoms with E-state index < -0.39 is 5.91 Å². The molecule has 0 saturated heterocycles. The van der Waals surface area contributed by atoms with Gasteiger partial charge >= 0.3 is 0 Å². The molecule has 0 bridgehead atoms. The van der Waals surface area contributed by atoms with Crippen molar-refractivity contribution in [2.45, 2.75) is 13.1 Å². The second-order valence-corrected chi connectivity index (χ2v) is 5.82. The van der Waals surface area contributed by atoms with E-state index in [0.717, 1.165) is 9.35 Å². The number of carbonyl (C=O) groups is 1. The molecule has 0 spiro atoms. The normalized spacial score (nSPS) is 10.6. The molecule has 100 valence electrons. The lowest BCUT2D eigenvalue weighted by atomic mass is 10.1. The lowest BCUT2D eigenvalue weighted by molar-refractivity contribution is 0.1000. The van der Waals surface area contributed by atoms with Crippen molar-refractivity contribution in [3.05, 3.63) is 55.9 Å². The van der Waals surface area contributed by atoms with E-state index in [-0.39, 0.29) is 5.82 Å². The van der Waals surface area contributed by atoms with E-state index in [2.05, 4.69) is 21.2 Å². The van der Waals surface area contributed by atoms with E-state index in [1.54, 1.807) is 11.3 Å². The Morgan fingerprint density at radius 1 is 1.37 bits per heavy atom. The molecule has 19 heavy (non-hydrogen) atoms. The van der Waals surface area contributed by atoms with Crippen molar-refractivity contribution in [1.82, 2.24) is 5.32 Å². The van der Waals surface area contributed by atoms with Crippen molar-refractivity contribution < 1.29 is 9.18 Å². The van der Waals surface area contributed by atoms with Gasteiger partial charge in [0.25, 0.3) is 0 Å². The number of nitrogens with one attached hydrogen (secondary N) is 1. The molecule has 0 saturated carbocycles. The summed E-state index contributed by atoms with van der Waals surface area (Å²) in [5.74, 6) is -0.898. The molecular formula is C13H12BrFN2OS. The van der Waals surface area contributed by atoms with Crippen molar-refractivity contribution in [2.24, 2.45) is 5.73 Å². The molecule has 1 aromatic carbocycles. The number of hydrogen-bond acceptors (Lipinski definition) is 3. The summed E-state index contributed by atoms with van der Waals surface area (Å²) in [4.78, 5) is 12.2. The SMILES string of the molecule is NC(=O)c1ccc(F)c(CNCc2sccc2Br)c1. The lowest BCUT2D eigenvalue weighted by Crippen LogP contribution is -2.16. The summed E-state index contributed by atoms with van der Waals surface area (Å²) >= 11 is 5.05. The van der Waals surface area contributed by atoms with Gasteiger partial charge in [0.1, 0.15) is 5.82 Å². The van der Waals surface area contributed by atoms with Crippen LogP contribution >= 0.6 is 27.3 Å². The number of carbonyl (C=O) groups excluding carboxylic acids is 1. The van der Waals surface area contributed by atoms with Crippen LogP contribution in [0.4, 0.5) is 4.39 Å². The molecule has 2 aromatic rings. The van der Waals surface area contributed by atoms with E-state index in [9.17, 15) is 9.18 Å². The zero-order valence-corrected chi connectivity index (χ0v) is 12.4. The second kappa shape index (κ2) is 6.27. The van der Waals surface area contributed by atoms with Gasteiger partial charge in [-0.2, -0.15) is 0 Å². The average Bonchev–Trinajstić information content (AvgIpc) is 2.77. The van der Waals surface area contributed by atoms with Crippen LogP contribution in [-0.4, -0.2) is 5.91 Å². The molecule has 3 N–H and O–H groups in total. The van der Waals surface area contributed by atoms with Crippen LogP contribution in [0, 0.1) is 5.82 Å². The highest BCUT2D eigenvalue weighted by atomic mass is 79.9. The number of nitrogens with two attached hydrogens (primary N) is 1. The molecule has 0 radical (unpaired) electrons. The fourth-order valence-electron chi connectivity index (χ4n) is 1.63. The highest BCUT2D eigenvalue weighted by molar-refractivity contribution is 9.10. The first kappa shape index (κ1) is 14.2.